The highest BCUT2D eigenvalue weighted by Gasteiger charge is 2.30. The van der Waals surface area contributed by atoms with Crippen LogP contribution in [0.5, 0.6) is 0 Å². The number of carbonyl (C=O) groups excluding carboxylic acids is 1. The van der Waals surface area contributed by atoms with Gasteiger partial charge in [-0.15, -0.1) is 0 Å². The number of ether oxygens (including phenoxy) is 1. The predicted octanol–water partition coefficient (Wildman–Crippen LogP) is 7.13. The molecule has 4 heteroatoms. The van der Waals surface area contributed by atoms with Crippen molar-refractivity contribution >= 4 is 29.0 Å². The normalized spacial score (nSPS) is 16.0. The van der Waals surface area contributed by atoms with Crippen LogP contribution in [0.25, 0.3) is 22.9 Å². The predicted molar refractivity (Wildman–Crippen MR) is 134 cm³/mol. The first-order valence-electron chi connectivity index (χ1n) is 11.5. The third-order valence-corrected chi connectivity index (χ3v) is 6.02. The Morgan fingerprint density at radius 2 is 1.73 bits per heavy atom. The fourth-order valence-corrected chi connectivity index (χ4v) is 4.32. The van der Waals surface area contributed by atoms with Gasteiger partial charge >= 0.3 is 6.09 Å². The topological polar surface area (TPSA) is 53.3 Å². The Kier molecular flexibility index (Phi) is 6.24. The van der Waals surface area contributed by atoms with Gasteiger partial charge in [0.2, 0.25) is 0 Å². The van der Waals surface area contributed by atoms with Crippen molar-refractivity contribution in [1.82, 2.24) is 4.90 Å². The van der Waals surface area contributed by atoms with Crippen molar-refractivity contribution in [2.45, 2.75) is 52.2 Å². The summed E-state index contributed by atoms with van der Waals surface area (Å²) in [6, 6.07) is 20.7. The summed E-state index contributed by atoms with van der Waals surface area (Å²) in [7, 11) is 0. The molecule has 1 amide bonds. The van der Waals surface area contributed by atoms with Gasteiger partial charge in [-0.05, 0) is 78.4 Å². The highest BCUT2D eigenvalue weighted by atomic mass is 16.6. The van der Waals surface area contributed by atoms with Crippen LogP contribution in [0.2, 0.25) is 0 Å². The van der Waals surface area contributed by atoms with E-state index < -0.39 is 5.60 Å². The van der Waals surface area contributed by atoms with E-state index in [1.165, 1.54) is 11.1 Å². The Morgan fingerprint density at radius 1 is 1.06 bits per heavy atom. The fourth-order valence-electron chi connectivity index (χ4n) is 4.32. The summed E-state index contributed by atoms with van der Waals surface area (Å²) in [6.07, 6.45) is 4.98. The molecule has 0 bridgehead atoms. The third-order valence-electron chi connectivity index (χ3n) is 6.02. The first-order valence-corrected chi connectivity index (χ1v) is 11.5. The van der Waals surface area contributed by atoms with Crippen LogP contribution < -0.4 is 0 Å². The summed E-state index contributed by atoms with van der Waals surface area (Å²) in [5.41, 5.74) is 4.97. The zero-order valence-electron chi connectivity index (χ0n) is 19.8. The van der Waals surface area contributed by atoms with Crippen molar-refractivity contribution in [1.29, 1.82) is 5.26 Å². The van der Waals surface area contributed by atoms with Crippen LogP contribution in [-0.4, -0.2) is 23.1 Å². The number of benzene rings is 3. The van der Waals surface area contributed by atoms with Crippen LogP contribution in [0.1, 0.15) is 67.9 Å². The highest BCUT2D eigenvalue weighted by molar-refractivity contribution is 5.87. The molecule has 1 aliphatic heterocycles. The molecule has 3 aromatic carbocycles. The minimum absolute atomic E-state index is 0.242. The maximum Gasteiger partial charge on any atom is 0.410 e. The second-order valence-electron chi connectivity index (χ2n) is 9.69. The monoisotopic (exact) mass is 438 g/mol. The number of nitriles is 1. The molecular formula is C29H30N2O2. The standard InChI is InChI=1S/C29H30N2O2/c1-5-23-18-31(28(32)33-29(2,3)4)19-26-13-9-21(16-27(23)26)7-6-20-8-11-25-15-22(17-30)10-12-24(25)14-20/h6-16,23H,5,18-19H2,1-4H3/b7-6+. The molecule has 168 valence electrons. The van der Waals surface area contributed by atoms with E-state index in [1.54, 1.807) is 0 Å². The Balaban J connectivity index is 1.54. The van der Waals surface area contributed by atoms with Gasteiger partial charge in [-0.1, -0.05) is 55.5 Å². The smallest absolute Gasteiger partial charge is 0.410 e. The van der Waals surface area contributed by atoms with Crippen molar-refractivity contribution in [3.63, 3.8) is 0 Å². The van der Waals surface area contributed by atoms with Crippen molar-refractivity contribution in [3.8, 4) is 6.07 Å². The summed E-state index contributed by atoms with van der Waals surface area (Å²) in [5, 5.41) is 11.3. The molecular weight excluding hydrogens is 408 g/mol. The molecule has 1 unspecified atom stereocenters. The molecule has 33 heavy (non-hydrogen) atoms. The molecule has 4 nitrogen and oxygen atoms in total. The van der Waals surface area contributed by atoms with E-state index in [2.05, 4.69) is 61.5 Å². The zero-order valence-corrected chi connectivity index (χ0v) is 19.8. The van der Waals surface area contributed by atoms with E-state index in [0.717, 1.165) is 28.3 Å². The van der Waals surface area contributed by atoms with Gasteiger partial charge in [0, 0.05) is 19.0 Å². The Labute approximate surface area is 196 Å². The van der Waals surface area contributed by atoms with E-state index >= 15 is 0 Å². The number of nitrogens with zero attached hydrogens (tertiary/aromatic N) is 2. The van der Waals surface area contributed by atoms with Gasteiger partial charge in [0.25, 0.3) is 0 Å². The van der Waals surface area contributed by atoms with E-state index in [1.807, 2.05) is 43.9 Å². The molecule has 3 aromatic rings. The molecule has 0 saturated heterocycles. The van der Waals surface area contributed by atoms with E-state index in [-0.39, 0.29) is 6.09 Å². The van der Waals surface area contributed by atoms with Crippen molar-refractivity contribution in [2.24, 2.45) is 0 Å². The van der Waals surface area contributed by atoms with Gasteiger partial charge in [-0.25, -0.2) is 4.79 Å². The molecule has 0 aliphatic carbocycles. The second-order valence-corrected chi connectivity index (χ2v) is 9.69. The number of amides is 1. The number of hydrogen-bond acceptors (Lipinski definition) is 3. The van der Waals surface area contributed by atoms with Gasteiger partial charge in [0.1, 0.15) is 5.60 Å². The third kappa shape index (κ3) is 5.26. The van der Waals surface area contributed by atoms with Gasteiger partial charge in [-0.2, -0.15) is 5.26 Å². The van der Waals surface area contributed by atoms with E-state index in [4.69, 9.17) is 10.00 Å². The Bertz CT molecular complexity index is 1260. The van der Waals surface area contributed by atoms with Crippen molar-refractivity contribution in [2.75, 3.05) is 6.54 Å². The van der Waals surface area contributed by atoms with E-state index in [0.29, 0.717) is 24.6 Å². The first kappa shape index (κ1) is 22.6. The highest BCUT2D eigenvalue weighted by Crippen LogP contribution is 2.32. The van der Waals surface area contributed by atoms with Crippen LogP contribution in [-0.2, 0) is 11.3 Å². The summed E-state index contributed by atoms with van der Waals surface area (Å²) in [4.78, 5) is 14.4. The molecule has 0 saturated carbocycles. The molecule has 1 atom stereocenters. The number of fused-ring (bicyclic) bond motifs is 2. The lowest BCUT2D eigenvalue weighted by atomic mass is 9.87. The molecule has 1 heterocycles. The average molecular weight is 439 g/mol. The van der Waals surface area contributed by atoms with Crippen LogP contribution >= 0.6 is 0 Å². The van der Waals surface area contributed by atoms with Crippen molar-refractivity contribution < 1.29 is 9.53 Å². The number of hydrogen-bond donors (Lipinski definition) is 0. The lowest BCUT2D eigenvalue weighted by Gasteiger charge is -2.35. The molecule has 1 aliphatic rings. The maximum absolute atomic E-state index is 12.6. The van der Waals surface area contributed by atoms with Crippen molar-refractivity contribution in [3.05, 3.63) is 82.4 Å². The quantitative estimate of drug-likeness (QED) is 0.409. The maximum atomic E-state index is 12.6. The summed E-state index contributed by atoms with van der Waals surface area (Å²) in [5.74, 6) is 0.296. The van der Waals surface area contributed by atoms with Crippen LogP contribution in [0, 0.1) is 11.3 Å². The minimum Gasteiger partial charge on any atom is -0.444 e. The first-order chi connectivity index (χ1) is 15.8. The van der Waals surface area contributed by atoms with Crippen LogP contribution in [0.3, 0.4) is 0 Å². The SMILES string of the molecule is CCC1CN(C(=O)OC(C)(C)C)Cc2ccc(/C=C/c3ccc4cc(C#N)ccc4c3)cc21. The zero-order chi connectivity index (χ0) is 23.6. The van der Waals surface area contributed by atoms with Gasteiger partial charge < -0.3 is 9.64 Å². The lowest BCUT2D eigenvalue weighted by molar-refractivity contribution is 0.0204. The molecule has 4 rings (SSSR count). The van der Waals surface area contributed by atoms with E-state index in [9.17, 15) is 4.79 Å². The molecule has 0 fully saturated rings. The summed E-state index contributed by atoms with van der Waals surface area (Å²) in [6.45, 7) is 9.14. The molecule has 0 spiro atoms. The Hall–Kier alpha value is -3.58. The molecule has 0 aromatic heterocycles. The second kappa shape index (κ2) is 9.11. The van der Waals surface area contributed by atoms with Gasteiger partial charge in [0.05, 0.1) is 11.6 Å². The average Bonchev–Trinajstić information content (AvgIpc) is 2.80. The number of carbonyl (C=O) groups is 1. The Morgan fingerprint density at radius 3 is 2.42 bits per heavy atom. The summed E-state index contributed by atoms with van der Waals surface area (Å²) >= 11 is 0. The van der Waals surface area contributed by atoms with Gasteiger partial charge in [0.15, 0.2) is 0 Å². The summed E-state index contributed by atoms with van der Waals surface area (Å²) < 4.78 is 5.60. The number of rotatable bonds is 3. The van der Waals surface area contributed by atoms with Crippen LogP contribution in [0.15, 0.2) is 54.6 Å². The molecule has 0 radical (unpaired) electrons. The van der Waals surface area contributed by atoms with Crippen LogP contribution in [0.4, 0.5) is 4.79 Å². The minimum atomic E-state index is -0.492. The fraction of sp³-hybridized carbons (Fsp3) is 0.310. The lowest BCUT2D eigenvalue weighted by Crippen LogP contribution is -2.41. The molecule has 0 N–H and O–H groups in total. The van der Waals surface area contributed by atoms with Gasteiger partial charge in [-0.3, -0.25) is 0 Å². The largest absolute Gasteiger partial charge is 0.444 e.